The van der Waals surface area contributed by atoms with Crippen LogP contribution in [0.4, 0.5) is 0 Å². The maximum atomic E-state index is 12.2. The summed E-state index contributed by atoms with van der Waals surface area (Å²) in [4.78, 5) is 33.7. The van der Waals surface area contributed by atoms with Crippen LogP contribution >= 0.6 is 0 Å². The van der Waals surface area contributed by atoms with E-state index in [1.165, 1.54) is 0 Å². The van der Waals surface area contributed by atoms with Crippen molar-refractivity contribution in [3.63, 3.8) is 0 Å². The molecule has 18 heavy (non-hydrogen) atoms. The van der Waals surface area contributed by atoms with Crippen LogP contribution in [0.25, 0.3) is 0 Å². The van der Waals surface area contributed by atoms with Gasteiger partial charge in [-0.2, -0.15) is 0 Å². The third-order valence-corrected chi connectivity index (χ3v) is 3.77. The van der Waals surface area contributed by atoms with Crippen molar-refractivity contribution in [3.8, 4) is 0 Å². The zero-order valence-electron chi connectivity index (χ0n) is 11.6. The fourth-order valence-corrected chi connectivity index (χ4v) is 1.35. The van der Waals surface area contributed by atoms with Crippen molar-refractivity contribution in [2.75, 3.05) is 0 Å². The molecule has 0 heterocycles. The smallest absolute Gasteiger partial charge is 0.307 e. The average Bonchev–Trinajstić information content (AvgIpc) is 2.13. The molecule has 0 aromatic heterocycles. The number of aliphatic carboxylic acids is 2. The second kappa shape index (κ2) is 5.50. The zero-order chi connectivity index (χ0) is 14.7. The number of rotatable bonds is 6. The maximum Gasteiger partial charge on any atom is 0.307 e. The minimum atomic E-state index is -1.24. The van der Waals surface area contributed by atoms with Crippen LogP contribution in [0.3, 0.4) is 0 Å². The molecule has 0 aromatic rings. The molecule has 5 nitrogen and oxygen atoms in total. The molecule has 0 aliphatic heterocycles. The van der Waals surface area contributed by atoms with Gasteiger partial charge in [-0.1, -0.05) is 34.6 Å². The minimum absolute atomic E-state index is 0.219. The normalized spacial score (nSPS) is 14.1. The third kappa shape index (κ3) is 4.13. The van der Waals surface area contributed by atoms with Gasteiger partial charge < -0.3 is 10.2 Å². The van der Waals surface area contributed by atoms with E-state index in [1.807, 2.05) is 20.8 Å². The standard InChI is InChI=1S/C13H22O5/c1-12(2,3)13(4,5)9(14)6-8(11(17)18)7-10(15)16/h8H,6-7H2,1-5H3,(H,15,16)(H,17,18)/t8-/m0/s1. The van der Waals surface area contributed by atoms with E-state index in [4.69, 9.17) is 10.2 Å². The molecule has 0 spiro atoms. The fraction of sp³-hybridized carbons (Fsp3) is 0.769. The summed E-state index contributed by atoms with van der Waals surface area (Å²) in [7, 11) is 0. The van der Waals surface area contributed by atoms with Gasteiger partial charge in [0.2, 0.25) is 0 Å². The molecule has 0 aromatic carbocycles. The van der Waals surface area contributed by atoms with Crippen molar-refractivity contribution in [2.45, 2.75) is 47.5 Å². The molecule has 0 bridgehead atoms. The van der Waals surface area contributed by atoms with Crippen LogP contribution in [0.5, 0.6) is 0 Å². The lowest BCUT2D eigenvalue weighted by Gasteiger charge is -2.37. The Morgan fingerprint density at radius 3 is 1.67 bits per heavy atom. The Morgan fingerprint density at radius 1 is 0.944 bits per heavy atom. The molecule has 1 atom stereocenters. The number of carbonyl (C=O) groups excluding carboxylic acids is 1. The first-order valence-electron chi connectivity index (χ1n) is 5.87. The van der Waals surface area contributed by atoms with E-state index in [9.17, 15) is 14.4 Å². The Kier molecular flexibility index (Phi) is 5.08. The number of hydrogen-bond acceptors (Lipinski definition) is 3. The fourth-order valence-electron chi connectivity index (χ4n) is 1.35. The number of hydrogen-bond donors (Lipinski definition) is 2. The van der Waals surface area contributed by atoms with Crippen molar-refractivity contribution in [3.05, 3.63) is 0 Å². The van der Waals surface area contributed by atoms with Crippen LogP contribution in [0.1, 0.15) is 47.5 Å². The summed E-state index contributed by atoms with van der Waals surface area (Å²) in [6.45, 7) is 9.22. The van der Waals surface area contributed by atoms with Gasteiger partial charge in [-0.25, -0.2) is 0 Å². The van der Waals surface area contributed by atoms with Gasteiger partial charge in [0.15, 0.2) is 0 Å². The first-order valence-corrected chi connectivity index (χ1v) is 5.87. The summed E-state index contributed by atoms with van der Waals surface area (Å²) in [5.74, 6) is -3.82. The molecule has 0 fully saturated rings. The van der Waals surface area contributed by atoms with E-state index in [0.29, 0.717) is 0 Å². The van der Waals surface area contributed by atoms with E-state index in [-0.39, 0.29) is 17.6 Å². The Balaban J connectivity index is 4.91. The summed E-state index contributed by atoms with van der Waals surface area (Å²) < 4.78 is 0. The topological polar surface area (TPSA) is 91.7 Å². The van der Waals surface area contributed by atoms with Crippen molar-refractivity contribution in [2.24, 2.45) is 16.7 Å². The molecule has 0 aliphatic rings. The van der Waals surface area contributed by atoms with Gasteiger partial charge in [-0.15, -0.1) is 0 Å². The minimum Gasteiger partial charge on any atom is -0.481 e. The van der Waals surface area contributed by atoms with Gasteiger partial charge in [0.05, 0.1) is 12.3 Å². The number of ketones is 1. The molecule has 0 unspecified atom stereocenters. The summed E-state index contributed by atoms with van der Waals surface area (Å²) >= 11 is 0. The van der Waals surface area contributed by atoms with E-state index in [1.54, 1.807) is 13.8 Å². The average molecular weight is 258 g/mol. The second-order valence-electron chi connectivity index (χ2n) is 6.14. The lowest BCUT2D eigenvalue weighted by molar-refractivity contribution is -0.151. The molecular formula is C13H22O5. The first kappa shape index (κ1) is 16.6. The summed E-state index contributed by atoms with van der Waals surface area (Å²) in [6, 6.07) is 0. The number of carboxylic acid groups (broad SMARTS) is 2. The van der Waals surface area contributed by atoms with Gasteiger partial charge in [-0.05, 0) is 5.41 Å². The molecule has 2 N–H and O–H groups in total. The van der Waals surface area contributed by atoms with Crippen LogP contribution in [0, 0.1) is 16.7 Å². The summed E-state index contributed by atoms with van der Waals surface area (Å²) in [6.07, 6.45) is -0.771. The van der Waals surface area contributed by atoms with E-state index >= 15 is 0 Å². The molecule has 0 rings (SSSR count). The van der Waals surface area contributed by atoms with Gasteiger partial charge in [0, 0.05) is 11.8 Å². The monoisotopic (exact) mass is 258 g/mol. The van der Waals surface area contributed by atoms with Crippen molar-refractivity contribution < 1.29 is 24.6 Å². The largest absolute Gasteiger partial charge is 0.481 e. The SMILES string of the molecule is CC(C)(C)C(C)(C)C(=O)C[C@@H](CC(=O)O)C(=O)O. The molecule has 0 aliphatic carbocycles. The van der Waals surface area contributed by atoms with Crippen LogP contribution in [0.15, 0.2) is 0 Å². The number of Topliss-reactive ketones (excluding diaryl/α,β-unsaturated/α-hetero) is 1. The Morgan fingerprint density at radius 2 is 1.39 bits per heavy atom. The quantitative estimate of drug-likeness (QED) is 0.762. The van der Waals surface area contributed by atoms with Crippen LogP contribution in [-0.4, -0.2) is 27.9 Å². The van der Waals surface area contributed by atoms with Crippen molar-refractivity contribution in [1.29, 1.82) is 0 Å². The highest BCUT2D eigenvalue weighted by Gasteiger charge is 2.41. The Labute approximate surface area is 107 Å². The van der Waals surface area contributed by atoms with Gasteiger partial charge in [0.25, 0.3) is 0 Å². The Bertz CT molecular complexity index is 349. The summed E-state index contributed by atoms with van der Waals surface area (Å²) in [5.41, 5.74) is -1.00. The highest BCUT2D eigenvalue weighted by molar-refractivity contribution is 5.89. The molecule has 0 radical (unpaired) electrons. The molecule has 5 heteroatoms. The second-order valence-corrected chi connectivity index (χ2v) is 6.14. The third-order valence-electron chi connectivity index (χ3n) is 3.77. The van der Waals surface area contributed by atoms with Crippen LogP contribution in [0.2, 0.25) is 0 Å². The van der Waals surface area contributed by atoms with Crippen LogP contribution in [-0.2, 0) is 14.4 Å². The number of carboxylic acids is 2. The predicted molar refractivity (Wildman–Crippen MR) is 66.2 cm³/mol. The van der Waals surface area contributed by atoms with E-state index in [0.717, 1.165) is 0 Å². The van der Waals surface area contributed by atoms with Gasteiger partial charge in [-0.3, -0.25) is 14.4 Å². The van der Waals surface area contributed by atoms with Gasteiger partial charge in [0.1, 0.15) is 5.78 Å². The molecule has 0 saturated carbocycles. The highest BCUT2D eigenvalue weighted by atomic mass is 16.4. The lowest BCUT2D eigenvalue weighted by Crippen LogP contribution is -2.39. The zero-order valence-corrected chi connectivity index (χ0v) is 11.6. The van der Waals surface area contributed by atoms with E-state index < -0.39 is 29.7 Å². The molecule has 104 valence electrons. The van der Waals surface area contributed by atoms with Crippen molar-refractivity contribution in [1.82, 2.24) is 0 Å². The van der Waals surface area contributed by atoms with Crippen molar-refractivity contribution >= 4 is 17.7 Å². The first-order chi connectivity index (χ1) is 7.89. The lowest BCUT2D eigenvalue weighted by atomic mass is 9.65. The maximum absolute atomic E-state index is 12.2. The van der Waals surface area contributed by atoms with E-state index in [2.05, 4.69) is 0 Å². The molecule has 0 saturated heterocycles. The van der Waals surface area contributed by atoms with Gasteiger partial charge >= 0.3 is 11.9 Å². The molecular weight excluding hydrogens is 236 g/mol. The van der Waals surface area contributed by atoms with Crippen LogP contribution < -0.4 is 0 Å². The summed E-state index contributed by atoms with van der Waals surface area (Å²) in [5, 5.41) is 17.6. The predicted octanol–water partition coefficient (Wildman–Crippen LogP) is 2.19. The molecule has 0 amide bonds. The highest BCUT2D eigenvalue weighted by Crippen LogP contribution is 2.40. The number of carbonyl (C=O) groups is 3. The Hall–Kier alpha value is -1.39.